The molecule has 0 saturated heterocycles. The van der Waals surface area contributed by atoms with Crippen LogP contribution in [0.2, 0.25) is 0 Å². The molecule has 3 aromatic rings. The lowest BCUT2D eigenvalue weighted by Gasteiger charge is -2.20. The van der Waals surface area contributed by atoms with Gasteiger partial charge in [0, 0.05) is 17.3 Å². The third-order valence-corrected chi connectivity index (χ3v) is 6.39. The molecule has 0 bridgehead atoms. The lowest BCUT2D eigenvalue weighted by atomic mass is 9.88. The van der Waals surface area contributed by atoms with Crippen LogP contribution in [-0.2, 0) is 9.59 Å². The van der Waals surface area contributed by atoms with Crippen LogP contribution in [0.1, 0.15) is 32.1 Å². The Bertz CT molecular complexity index is 1090. The summed E-state index contributed by atoms with van der Waals surface area (Å²) in [4.78, 5) is 24.9. The van der Waals surface area contributed by atoms with Gasteiger partial charge < -0.3 is 15.4 Å². The van der Waals surface area contributed by atoms with Crippen molar-refractivity contribution < 1.29 is 14.3 Å². The number of carbonyl (C=O) groups excluding carboxylic acids is 2. The Hall–Kier alpha value is -2.86. The summed E-state index contributed by atoms with van der Waals surface area (Å²) in [5.74, 6) is 0.492. The van der Waals surface area contributed by atoms with Crippen molar-refractivity contribution in [1.82, 2.24) is 0 Å². The molecule has 1 fully saturated rings. The molecule has 0 aromatic heterocycles. The zero-order valence-corrected chi connectivity index (χ0v) is 18.8. The molecular formula is C25H25BrN2O3. The molecule has 0 unspecified atom stereocenters. The topological polar surface area (TPSA) is 67.4 Å². The van der Waals surface area contributed by atoms with E-state index in [9.17, 15) is 9.59 Å². The average molecular weight is 481 g/mol. The molecular weight excluding hydrogens is 456 g/mol. The Morgan fingerprint density at radius 2 is 1.65 bits per heavy atom. The zero-order chi connectivity index (χ0) is 21.6. The summed E-state index contributed by atoms with van der Waals surface area (Å²) in [5, 5.41) is 7.94. The summed E-state index contributed by atoms with van der Waals surface area (Å²) in [6.07, 6.45) is 5.33. The molecule has 160 valence electrons. The van der Waals surface area contributed by atoms with Crippen molar-refractivity contribution in [1.29, 1.82) is 0 Å². The first kappa shape index (κ1) is 21.4. The molecule has 3 aromatic carbocycles. The van der Waals surface area contributed by atoms with Crippen molar-refractivity contribution in [3.05, 3.63) is 65.1 Å². The zero-order valence-electron chi connectivity index (χ0n) is 17.2. The van der Waals surface area contributed by atoms with E-state index < -0.39 is 0 Å². The molecule has 0 atom stereocenters. The summed E-state index contributed by atoms with van der Waals surface area (Å²) in [7, 11) is 0. The Kier molecular flexibility index (Phi) is 6.87. The van der Waals surface area contributed by atoms with Crippen LogP contribution in [0.15, 0.2) is 65.1 Å². The standard InChI is InChI=1S/C25H25BrN2O3/c26-24-21-12-5-4-7-17(21)13-14-22(24)31-16-23(29)27-19-10-6-11-20(15-19)28-25(30)18-8-2-1-3-9-18/h4-7,10-15,18H,1-3,8-9,16H2,(H,27,29)(H,28,30). The first-order chi connectivity index (χ1) is 15.1. The van der Waals surface area contributed by atoms with Crippen LogP contribution < -0.4 is 15.4 Å². The second-order valence-corrected chi connectivity index (χ2v) is 8.63. The van der Waals surface area contributed by atoms with Gasteiger partial charge in [-0.3, -0.25) is 9.59 Å². The summed E-state index contributed by atoms with van der Waals surface area (Å²) < 4.78 is 6.55. The third-order valence-electron chi connectivity index (χ3n) is 5.58. The number of anilines is 2. The van der Waals surface area contributed by atoms with E-state index >= 15 is 0 Å². The highest BCUT2D eigenvalue weighted by Crippen LogP contribution is 2.33. The Morgan fingerprint density at radius 3 is 2.45 bits per heavy atom. The lowest BCUT2D eigenvalue weighted by molar-refractivity contribution is -0.120. The van der Waals surface area contributed by atoms with Gasteiger partial charge in [0.15, 0.2) is 6.61 Å². The van der Waals surface area contributed by atoms with Crippen molar-refractivity contribution in [2.75, 3.05) is 17.2 Å². The molecule has 2 amide bonds. The van der Waals surface area contributed by atoms with Crippen LogP contribution in [0, 0.1) is 5.92 Å². The maximum Gasteiger partial charge on any atom is 0.262 e. The normalized spacial score (nSPS) is 14.2. The number of ether oxygens (including phenoxy) is 1. The van der Waals surface area contributed by atoms with Gasteiger partial charge in [-0.05, 0) is 63.8 Å². The highest BCUT2D eigenvalue weighted by atomic mass is 79.9. The minimum atomic E-state index is -0.268. The fraction of sp³-hybridized carbons (Fsp3) is 0.280. The number of carbonyl (C=O) groups is 2. The molecule has 2 N–H and O–H groups in total. The van der Waals surface area contributed by atoms with Crippen molar-refractivity contribution in [3.63, 3.8) is 0 Å². The maximum atomic E-state index is 12.5. The number of hydrogen-bond acceptors (Lipinski definition) is 3. The maximum absolute atomic E-state index is 12.5. The molecule has 1 aliphatic rings. The molecule has 0 radical (unpaired) electrons. The second-order valence-electron chi connectivity index (χ2n) is 7.84. The average Bonchev–Trinajstić information content (AvgIpc) is 2.79. The van der Waals surface area contributed by atoms with Crippen LogP contribution in [0.25, 0.3) is 10.8 Å². The van der Waals surface area contributed by atoms with E-state index in [1.165, 1.54) is 6.42 Å². The molecule has 0 aliphatic heterocycles. The van der Waals surface area contributed by atoms with Crippen molar-refractivity contribution in [3.8, 4) is 5.75 Å². The third kappa shape index (κ3) is 5.44. The lowest BCUT2D eigenvalue weighted by Crippen LogP contribution is -2.25. The summed E-state index contributed by atoms with van der Waals surface area (Å²) in [6, 6.07) is 19.0. The number of rotatable bonds is 6. The fourth-order valence-corrected chi connectivity index (χ4v) is 4.56. The fourth-order valence-electron chi connectivity index (χ4n) is 3.95. The highest BCUT2D eigenvalue weighted by molar-refractivity contribution is 9.10. The van der Waals surface area contributed by atoms with Crippen molar-refractivity contribution in [2.24, 2.45) is 5.92 Å². The van der Waals surface area contributed by atoms with E-state index in [0.717, 1.165) is 40.9 Å². The minimum absolute atomic E-state index is 0.0627. The SMILES string of the molecule is O=C(COc1ccc2ccccc2c1Br)Nc1cccc(NC(=O)C2CCCCC2)c1. The number of amides is 2. The molecule has 1 saturated carbocycles. The van der Waals surface area contributed by atoms with Crippen molar-refractivity contribution in [2.45, 2.75) is 32.1 Å². The predicted molar refractivity (Wildman–Crippen MR) is 127 cm³/mol. The van der Waals surface area contributed by atoms with Crippen LogP contribution in [0.5, 0.6) is 5.75 Å². The van der Waals surface area contributed by atoms with Gasteiger partial charge in [-0.15, -0.1) is 0 Å². The van der Waals surface area contributed by atoms with Gasteiger partial charge >= 0.3 is 0 Å². The Labute approximate surface area is 190 Å². The Morgan fingerprint density at radius 1 is 0.903 bits per heavy atom. The van der Waals surface area contributed by atoms with E-state index in [0.29, 0.717) is 17.1 Å². The van der Waals surface area contributed by atoms with E-state index in [4.69, 9.17) is 4.74 Å². The molecule has 1 aliphatic carbocycles. The molecule has 0 spiro atoms. The Balaban J connectivity index is 1.34. The second kappa shape index (κ2) is 9.96. The summed E-state index contributed by atoms with van der Waals surface area (Å²) in [5.41, 5.74) is 1.30. The molecule has 6 heteroatoms. The van der Waals surface area contributed by atoms with E-state index in [2.05, 4.69) is 26.6 Å². The largest absolute Gasteiger partial charge is 0.483 e. The van der Waals surface area contributed by atoms with Gasteiger partial charge in [0.05, 0.1) is 4.47 Å². The highest BCUT2D eigenvalue weighted by Gasteiger charge is 2.21. The van der Waals surface area contributed by atoms with Crippen LogP contribution in [0.3, 0.4) is 0 Å². The number of fused-ring (bicyclic) bond motifs is 1. The van der Waals surface area contributed by atoms with Crippen molar-refractivity contribution >= 4 is 49.9 Å². The summed E-state index contributed by atoms with van der Waals surface area (Å²) >= 11 is 3.57. The van der Waals surface area contributed by atoms with Crippen LogP contribution in [-0.4, -0.2) is 18.4 Å². The van der Waals surface area contributed by atoms with Gasteiger partial charge in [-0.1, -0.05) is 55.7 Å². The van der Waals surface area contributed by atoms with Crippen LogP contribution >= 0.6 is 15.9 Å². The number of nitrogens with one attached hydrogen (secondary N) is 2. The van der Waals surface area contributed by atoms with Gasteiger partial charge in [0.2, 0.25) is 5.91 Å². The predicted octanol–water partition coefficient (Wildman–Crippen LogP) is 6.14. The summed E-state index contributed by atoms with van der Waals surface area (Å²) in [6.45, 7) is -0.115. The minimum Gasteiger partial charge on any atom is -0.483 e. The van der Waals surface area contributed by atoms with Gasteiger partial charge in [-0.25, -0.2) is 0 Å². The van der Waals surface area contributed by atoms with Gasteiger partial charge in [0.1, 0.15) is 5.75 Å². The quantitative estimate of drug-likeness (QED) is 0.445. The van der Waals surface area contributed by atoms with Gasteiger partial charge in [-0.2, -0.15) is 0 Å². The van der Waals surface area contributed by atoms with E-state index in [1.54, 1.807) is 12.1 Å². The number of benzene rings is 3. The van der Waals surface area contributed by atoms with E-state index in [-0.39, 0.29) is 24.3 Å². The molecule has 0 heterocycles. The molecule has 4 rings (SSSR count). The smallest absolute Gasteiger partial charge is 0.262 e. The van der Waals surface area contributed by atoms with Gasteiger partial charge in [0.25, 0.3) is 5.91 Å². The first-order valence-corrected chi connectivity index (χ1v) is 11.4. The van der Waals surface area contributed by atoms with Crippen LogP contribution in [0.4, 0.5) is 11.4 Å². The number of halogens is 1. The number of hydrogen-bond donors (Lipinski definition) is 2. The molecule has 5 nitrogen and oxygen atoms in total. The molecule has 31 heavy (non-hydrogen) atoms. The monoisotopic (exact) mass is 480 g/mol. The first-order valence-electron chi connectivity index (χ1n) is 10.6. The van der Waals surface area contributed by atoms with E-state index in [1.807, 2.05) is 48.5 Å².